The Morgan fingerprint density at radius 1 is 1.35 bits per heavy atom. The molecule has 3 N–H and O–H groups in total. The van der Waals surface area contributed by atoms with Crippen LogP contribution in [0, 0.1) is 6.92 Å². The highest BCUT2D eigenvalue weighted by molar-refractivity contribution is 7.89. The van der Waals surface area contributed by atoms with Crippen molar-refractivity contribution < 1.29 is 23.1 Å². The molecule has 0 aliphatic carbocycles. The van der Waals surface area contributed by atoms with Crippen molar-refractivity contribution in [1.82, 2.24) is 4.31 Å². The van der Waals surface area contributed by atoms with E-state index in [9.17, 15) is 18.0 Å². The highest BCUT2D eigenvalue weighted by Gasteiger charge is 2.30. The van der Waals surface area contributed by atoms with Crippen LogP contribution >= 0.6 is 0 Å². The van der Waals surface area contributed by atoms with Gasteiger partial charge in [0.15, 0.2) is 0 Å². The number of rotatable bonds is 5. The lowest BCUT2D eigenvalue weighted by molar-refractivity contribution is -0.140. The predicted octanol–water partition coefficient (Wildman–Crippen LogP) is 0.188. The molecule has 110 valence electrons. The minimum Gasteiger partial charge on any atom is -0.480 e. The molecule has 0 heterocycles. The van der Waals surface area contributed by atoms with Gasteiger partial charge < -0.3 is 10.8 Å². The molecule has 1 unspecified atom stereocenters. The molecule has 1 rings (SSSR count). The number of hydrogen-bond acceptors (Lipinski definition) is 4. The SMILES string of the molecule is Cc1ccc(S(=O)(=O)N(C)C(C)C(=O)O)cc1C(N)=O. The molecule has 0 radical (unpaired) electrons. The number of aryl methyl sites for hydroxylation is 1. The maximum atomic E-state index is 12.3. The van der Waals surface area contributed by atoms with Gasteiger partial charge in [-0.2, -0.15) is 4.31 Å². The summed E-state index contributed by atoms with van der Waals surface area (Å²) >= 11 is 0. The number of nitrogens with zero attached hydrogens (tertiary/aromatic N) is 1. The van der Waals surface area contributed by atoms with E-state index in [4.69, 9.17) is 10.8 Å². The first-order chi connectivity index (χ1) is 9.09. The summed E-state index contributed by atoms with van der Waals surface area (Å²) < 4.78 is 25.3. The van der Waals surface area contributed by atoms with Crippen molar-refractivity contribution in [2.45, 2.75) is 24.8 Å². The zero-order valence-corrected chi connectivity index (χ0v) is 12.1. The molecule has 0 saturated heterocycles. The van der Waals surface area contributed by atoms with Crippen LogP contribution in [0.25, 0.3) is 0 Å². The number of carboxylic acids is 1. The summed E-state index contributed by atoms with van der Waals surface area (Å²) in [6.07, 6.45) is 0. The van der Waals surface area contributed by atoms with Crippen molar-refractivity contribution in [3.63, 3.8) is 0 Å². The average Bonchev–Trinajstić information content (AvgIpc) is 2.36. The second-order valence-electron chi connectivity index (χ2n) is 4.38. The summed E-state index contributed by atoms with van der Waals surface area (Å²) in [6.45, 7) is 2.88. The molecular weight excluding hydrogens is 284 g/mol. The van der Waals surface area contributed by atoms with Gasteiger partial charge in [0.25, 0.3) is 0 Å². The first-order valence-electron chi connectivity index (χ1n) is 5.70. The first kappa shape index (κ1) is 16.1. The van der Waals surface area contributed by atoms with Crippen molar-refractivity contribution in [2.75, 3.05) is 7.05 Å². The predicted molar refractivity (Wildman–Crippen MR) is 71.7 cm³/mol. The monoisotopic (exact) mass is 300 g/mol. The van der Waals surface area contributed by atoms with Crippen molar-refractivity contribution >= 4 is 21.9 Å². The molecule has 1 aromatic rings. The third-order valence-corrected chi connectivity index (χ3v) is 4.98. The summed E-state index contributed by atoms with van der Waals surface area (Å²) in [4.78, 5) is 21.9. The van der Waals surface area contributed by atoms with Crippen LogP contribution in [0.2, 0.25) is 0 Å². The van der Waals surface area contributed by atoms with Gasteiger partial charge in [-0.05, 0) is 31.5 Å². The van der Waals surface area contributed by atoms with Crippen molar-refractivity contribution in [1.29, 1.82) is 0 Å². The molecule has 8 heteroatoms. The fraction of sp³-hybridized carbons (Fsp3) is 0.333. The van der Waals surface area contributed by atoms with Crippen molar-refractivity contribution in [3.8, 4) is 0 Å². The number of primary amides is 1. The summed E-state index contributed by atoms with van der Waals surface area (Å²) in [5.74, 6) is -2.01. The van der Waals surface area contributed by atoms with Crippen LogP contribution in [-0.2, 0) is 14.8 Å². The fourth-order valence-corrected chi connectivity index (χ4v) is 2.90. The van der Waals surface area contributed by atoms with E-state index in [1.54, 1.807) is 6.92 Å². The van der Waals surface area contributed by atoms with E-state index < -0.39 is 27.9 Å². The van der Waals surface area contributed by atoms with Gasteiger partial charge in [0, 0.05) is 12.6 Å². The zero-order valence-electron chi connectivity index (χ0n) is 11.3. The molecule has 0 aliphatic rings. The zero-order chi connectivity index (χ0) is 15.7. The fourth-order valence-electron chi connectivity index (χ4n) is 1.56. The van der Waals surface area contributed by atoms with Gasteiger partial charge in [0.2, 0.25) is 15.9 Å². The number of nitrogens with two attached hydrogens (primary N) is 1. The number of sulfonamides is 1. The quantitative estimate of drug-likeness (QED) is 0.804. The number of carboxylic acid groups (broad SMARTS) is 1. The first-order valence-corrected chi connectivity index (χ1v) is 7.14. The van der Waals surface area contributed by atoms with Crippen LogP contribution in [0.15, 0.2) is 23.1 Å². The lowest BCUT2D eigenvalue weighted by Gasteiger charge is -2.21. The van der Waals surface area contributed by atoms with Crippen LogP contribution < -0.4 is 5.73 Å². The van der Waals surface area contributed by atoms with E-state index in [1.807, 2.05) is 0 Å². The van der Waals surface area contributed by atoms with Crippen molar-refractivity contribution in [2.24, 2.45) is 5.73 Å². The number of likely N-dealkylation sites (N-methyl/N-ethyl adjacent to an activating group) is 1. The van der Waals surface area contributed by atoms with E-state index in [0.29, 0.717) is 5.56 Å². The Labute approximate surface area is 117 Å². The summed E-state index contributed by atoms with van der Waals surface area (Å²) in [6, 6.07) is 2.69. The van der Waals surface area contributed by atoms with Gasteiger partial charge in [-0.15, -0.1) is 0 Å². The molecule has 0 spiro atoms. The third-order valence-electron chi connectivity index (χ3n) is 3.05. The highest BCUT2D eigenvalue weighted by Crippen LogP contribution is 2.20. The second-order valence-corrected chi connectivity index (χ2v) is 6.37. The summed E-state index contributed by atoms with van der Waals surface area (Å²) in [5, 5.41) is 8.87. The molecular formula is C12H16N2O5S. The molecule has 0 bridgehead atoms. The lowest BCUT2D eigenvalue weighted by Crippen LogP contribution is -2.40. The van der Waals surface area contributed by atoms with Gasteiger partial charge in [0.05, 0.1) is 4.90 Å². The summed E-state index contributed by atoms with van der Waals surface area (Å²) in [7, 11) is -2.85. The Balaban J connectivity index is 3.33. The number of carbonyl (C=O) groups excluding carboxylic acids is 1. The van der Waals surface area contributed by atoms with E-state index >= 15 is 0 Å². The molecule has 0 aliphatic heterocycles. The highest BCUT2D eigenvalue weighted by atomic mass is 32.2. The Hall–Kier alpha value is -1.93. The molecule has 7 nitrogen and oxygen atoms in total. The molecule has 20 heavy (non-hydrogen) atoms. The van der Waals surface area contributed by atoms with Crippen LogP contribution in [0.4, 0.5) is 0 Å². The standard InChI is InChI=1S/C12H16N2O5S/c1-7-4-5-9(6-10(7)11(13)15)20(18,19)14(3)8(2)12(16)17/h4-6,8H,1-3H3,(H2,13,15)(H,16,17). The van der Waals surface area contributed by atoms with E-state index in [-0.39, 0.29) is 10.5 Å². The lowest BCUT2D eigenvalue weighted by atomic mass is 10.1. The minimum atomic E-state index is -4.01. The molecule has 0 saturated carbocycles. The summed E-state index contributed by atoms with van der Waals surface area (Å²) in [5.41, 5.74) is 5.80. The number of amides is 1. The average molecular weight is 300 g/mol. The Kier molecular flexibility index (Phi) is 4.51. The van der Waals surface area contributed by atoms with E-state index in [2.05, 4.69) is 0 Å². The maximum absolute atomic E-state index is 12.3. The van der Waals surface area contributed by atoms with Gasteiger partial charge in [0.1, 0.15) is 6.04 Å². The second kappa shape index (κ2) is 5.59. The van der Waals surface area contributed by atoms with E-state index in [0.717, 1.165) is 17.4 Å². The molecule has 0 fully saturated rings. The Morgan fingerprint density at radius 2 is 1.90 bits per heavy atom. The Bertz CT molecular complexity index is 654. The Morgan fingerprint density at radius 3 is 2.35 bits per heavy atom. The van der Waals surface area contributed by atoms with Gasteiger partial charge in [-0.3, -0.25) is 9.59 Å². The van der Waals surface area contributed by atoms with Gasteiger partial charge in [-0.25, -0.2) is 8.42 Å². The van der Waals surface area contributed by atoms with Crippen LogP contribution in [0.5, 0.6) is 0 Å². The molecule has 1 aromatic carbocycles. The van der Waals surface area contributed by atoms with Crippen LogP contribution in [-0.4, -0.2) is 42.8 Å². The van der Waals surface area contributed by atoms with Crippen LogP contribution in [0.3, 0.4) is 0 Å². The van der Waals surface area contributed by atoms with Gasteiger partial charge >= 0.3 is 5.97 Å². The van der Waals surface area contributed by atoms with Gasteiger partial charge in [-0.1, -0.05) is 6.07 Å². The van der Waals surface area contributed by atoms with E-state index in [1.165, 1.54) is 19.1 Å². The minimum absolute atomic E-state index is 0.0856. The number of carbonyl (C=O) groups is 2. The number of aliphatic carboxylic acids is 1. The third kappa shape index (κ3) is 2.97. The number of benzene rings is 1. The normalized spacial score (nSPS) is 13.2. The smallest absolute Gasteiger partial charge is 0.321 e. The topological polar surface area (TPSA) is 118 Å². The maximum Gasteiger partial charge on any atom is 0.321 e. The molecule has 0 aromatic heterocycles. The van der Waals surface area contributed by atoms with Crippen LogP contribution in [0.1, 0.15) is 22.8 Å². The molecule has 1 atom stereocenters. The largest absolute Gasteiger partial charge is 0.480 e. The molecule has 1 amide bonds. The number of hydrogen-bond donors (Lipinski definition) is 2. The van der Waals surface area contributed by atoms with Crippen molar-refractivity contribution in [3.05, 3.63) is 29.3 Å².